The molecule has 0 atom stereocenters. The van der Waals surface area contributed by atoms with E-state index < -0.39 is 0 Å². The van der Waals surface area contributed by atoms with Crippen molar-refractivity contribution in [2.45, 2.75) is 33.1 Å². The number of nitrogens with zero attached hydrogens (tertiary/aromatic N) is 1. The van der Waals surface area contributed by atoms with Gasteiger partial charge >= 0.3 is 0 Å². The third kappa shape index (κ3) is 4.64. The third-order valence-electron chi connectivity index (χ3n) is 3.93. The molecular formula is C17H24N2O2. The summed E-state index contributed by atoms with van der Waals surface area (Å²) < 4.78 is 5.20. The van der Waals surface area contributed by atoms with Crippen LogP contribution in [0, 0.1) is 24.7 Å². The molecule has 0 radical (unpaired) electrons. The number of rotatable bonds is 4. The number of aryl methyl sites for hydroxylation is 1. The van der Waals surface area contributed by atoms with Crippen LogP contribution in [-0.4, -0.2) is 37.0 Å². The summed E-state index contributed by atoms with van der Waals surface area (Å²) in [5.41, 5.74) is 0.886. The highest BCUT2D eigenvalue weighted by Gasteiger charge is 2.20. The first-order chi connectivity index (χ1) is 10.2. The fraction of sp³-hybridized carbons (Fsp3) is 0.588. The van der Waals surface area contributed by atoms with Crippen molar-refractivity contribution in [3.8, 4) is 11.8 Å². The zero-order chi connectivity index (χ0) is 15.1. The van der Waals surface area contributed by atoms with Crippen LogP contribution >= 0.6 is 0 Å². The van der Waals surface area contributed by atoms with Crippen LogP contribution in [0.1, 0.15) is 42.3 Å². The Balaban J connectivity index is 1.69. The van der Waals surface area contributed by atoms with Crippen LogP contribution < -0.4 is 5.32 Å². The zero-order valence-corrected chi connectivity index (χ0v) is 12.9. The first-order valence-corrected chi connectivity index (χ1v) is 7.71. The first kappa shape index (κ1) is 15.7. The number of carbonyl (C=O) groups excluding carboxylic acids is 1. The summed E-state index contributed by atoms with van der Waals surface area (Å²) in [6.07, 6.45) is 4.71. The molecule has 4 nitrogen and oxygen atoms in total. The predicted molar refractivity (Wildman–Crippen MR) is 83.0 cm³/mol. The molecule has 0 aliphatic carbocycles. The summed E-state index contributed by atoms with van der Waals surface area (Å²) >= 11 is 0. The van der Waals surface area contributed by atoms with E-state index in [0.717, 1.165) is 51.0 Å². The SMILES string of the molecule is CCC#CCN1CCC(CNC(=O)c2occc2C)CC1. The van der Waals surface area contributed by atoms with Gasteiger partial charge in [-0.25, -0.2) is 0 Å². The van der Waals surface area contributed by atoms with Crippen LogP contribution in [0.2, 0.25) is 0 Å². The van der Waals surface area contributed by atoms with E-state index in [4.69, 9.17) is 4.42 Å². The van der Waals surface area contributed by atoms with Crippen LogP contribution in [0.4, 0.5) is 0 Å². The van der Waals surface area contributed by atoms with Crippen molar-refractivity contribution in [2.75, 3.05) is 26.2 Å². The molecule has 2 rings (SSSR count). The topological polar surface area (TPSA) is 45.5 Å². The van der Waals surface area contributed by atoms with Gasteiger partial charge in [-0.1, -0.05) is 12.8 Å². The molecule has 1 fully saturated rings. The van der Waals surface area contributed by atoms with Crippen molar-refractivity contribution < 1.29 is 9.21 Å². The molecule has 0 unspecified atom stereocenters. The quantitative estimate of drug-likeness (QED) is 0.866. The lowest BCUT2D eigenvalue weighted by molar-refractivity contribution is 0.0909. The van der Waals surface area contributed by atoms with Crippen molar-refractivity contribution in [1.82, 2.24) is 10.2 Å². The summed E-state index contributed by atoms with van der Waals surface area (Å²) in [4.78, 5) is 14.4. The molecule has 21 heavy (non-hydrogen) atoms. The molecule has 1 N–H and O–H groups in total. The lowest BCUT2D eigenvalue weighted by Gasteiger charge is -2.30. The third-order valence-corrected chi connectivity index (χ3v) is 3.93. The Bertz CT molecular complexity index is 516. The number of piperidine rings is 1. The standard InChI is InChI=1S/C17H24N2O2/c1-3-4-5-9-19-10-6-15(7-11-19)13-18-17(20)16-14(2)8-12-21-16/h8,12,15H,3,6-7,9-11,13H2,1-2H3,(H,18,20). The number of likely N-dealkylation sites (tertiary alicyclic amines) is 1. The van der Waals surface area contributed by atoms with Gasteiger partial charge < -0.3 is 9.73 Å². The van der Waals surface area contributed by atoms with Gasteiger partial charge in [0.15, 0.2) is 5.76 Å². The van der Waals surface area contributed by atoms with Gasteiger partial charge in [0, 0.05) is 18.5 Å². The van der Waals surface area contributed by atoms with Crippen molar-refractivity contribution in [1.29, 1.82) is 0 Å². The van der Waals surface area contributed by atoms with Crippen LogP contribution in [0.25, 0.3) is 0 Å². The average molecular weight is 288 g/mol. The van der Waals surface area contributed by atoms with Crippen LogP contribution in [0.15, 0.2) is 16.7 Å². The molecule has 1 aliphatic rings. The summed E-state index contributed by atoms with van der Waals surface area (Å²) in [7, 11) is 0. The van der Waals surface area contributed by atoms with Gasteiger partial charge in [0.25, 0.3) is 5.91 Å². The highest BCUT2D eigenvalue weighted by molar-refractivity contribution is 5.92. The second-order valence-electron chi connectivity index (χ2n) is 5.57. The molecule has 1 aromatic rings. The normalized spacial score (nSPS) is 16.3. The largest absolute Gasteiger partial charge is 0.459 e. The summed E-state index contributed by atoms with van der Waals surface area (Å²) in [5, 5.41) is 2.98. The highest BCUT2D eigenvalue weighted by Crippen LogP contribution is 2.16. The fourth-order valence-corrected chi connectivity index (χ4v) is 2.56. The maximum atomic E-state index is 12.0. The molecule has 1 amide bonds. The maximum Gasteiger partial charge on any atom is 0.287 e. The molecule has 114 valence electrons. The molecule has 1 aromatic heterocycles. The Morgan fingerprint density at radius 1 is 1.43 bits per heavy atom. The first-order valence-electron chi connectivity index (χ1n) is 7.71. The van der Waals surface area contributed by atoms with E-state index >= 15 is 0 Å². The molecule has 4 heteroatoms. The molecule has 2 heterocycles. The number of carbonyl (C=O) groups is 1. The lowest BCUT2D eigenvalue weighted by Crippen LogP contribution is -2.38. The molecular weight excluding hydrogens is 264 g/mol. The van der Waals surface area contributed by atoms with Gasteiger partial charge in [0.2, 0.25) is 0 Å². The van der Waals surface area contributed by atoms with Crippen molar-refractivity contribution in [3.63, 3.8) is 0 Å². The second-order valence-corrected chi connectivity index (χ2v) is 5.57. The van der Waals surface area contributed by atoms with Crippen LogP contribution in [0.5, 0.6) is 0 Å². The van der Waals surface area contributed by atoms with Gasteiger partial charge in [0.1, 0.15) is 0 Å². The minimum Gasteiger partial charge on any atom is -0.459 e. The smallest absolute Gasteiger partial charge is 0.287 e. The van der Waals surface area contributed by atoms with Crippen molar-refractivity contribution in [2.24, 2.45) is 5.92 Å². The summed E-state index contributed by atoms with van der Waals surface area (Å²) in [6, 6.07) is 1.81. The van der Waals surface area contributed by atoms with Crippen molar-refractivity contribution >= 4 is 5.91 Å². The average Bonchev–Trinajstić information content (AvgIpc) is 2.92. The number of amides is 1. The number of hydrogen-bond acceptors (Lipinski definition) is 3. The number of furan rings is 1. The second kappa shape index (κ2) is 7.90. The van der Waals surface area contributed by atoms with Gasteiger partial charge in [-0.15, -0.1) is 5.92 Å². The highest BCUT2D eigenvalue weighted by atomic mass is 16.3. The van der Waals surface area contributed by atoms with E-state index in [1.165, 1.54) is 0 Å². The van der Waals surface area contributed by atoms with E-state index in [2.05, 4.69) is 29.0 Å². The van der Waals surface area contributed by atoms with Gasteiger partial charge in [-0.05, 0) is 44.8 Å². The Morgan fingerprint density at radius 3 is 2.81 bits per heavy atom. The maximum absolute atomic E-state index is 12.0. The van der Waals surface area contributed by atoms with E-state index in [1.807, 2.05) is 13.0 Å². The Kier molecular flexibility index (Phi) is 5.89. The zero-order valence-electron chi connectivity index (χ0n) is 12.9. The number of hydrogen-bond donors (Lipinski definition) is 1. The molecule has 0 saturated carbocycles. The molecule has 1 aliphatic heterocycles. The molecule has 1 saturated heterocycles. The fourth-order valence-electron chi connectivity index (χ4n) is 2.56. The van der Waals surface area contributed by atoms with E-state index in [1.54, 1.807) is 6.26 Å². The lowest BCUT2D eigenvalue weighted by atomic mass is 9.97. The van der Waals surface area contributed by atoms with Crippen molar-refractivity contribution in [3.05, 3.63) is 23.7 Å². The summed E-state index contributed by atoms with van der Waals surface area (Å²) in [5.74, 6) is 7.18. The van der Waals surface area contributed by atoms with Gasteiger partial charge in [-0.2, -0.15) is 0 Å². The monoisotopic (exact) mass is 288 g/mol. The van der Waals surface area contributed by atoms with E-state index in [0.29, 0.717) is 11.7 Å². The van der Waals surface area contributed by atoms with Gasteiger partial charge in [-0.3, -0.25) is 9.69 Å². The minimum absolute atomic E-state index is 0.103. The van der Waals surface area contributed by atoms with Crippen LogP contribution in [-0.2, 0) is 0 Å². The molecule has 0 spiro atoms. The molecule has 0 aromatic carbocycles. The predicted octanol–water partition coefficient (Wildman–Crippen LogP) is 2.44. The summed E-state index contributed by atoms with van der Waals surface area (Å²) in [6.45, 7) is 7.69. The number of nitrogens with one attached hydrogen (secondary N) is 1. The molecule has 0 bridgehead atoms. The van der Waals surface area contributed by atoms with Gasteiger partial charge in [0.05, 0.1) is 12.8 Å². The minimum atomic E-state index is -0.103. The Morgan fingerprint density at radius 2 is 2.19 bits per heavy atom. The Hall–Kier alpha value is -1.73. The van der Waals surface area contributed by atoms with E-state index in [9.17, 15) is 4.79 Å². The van der Waals surface area contributed by atoms with E-state index in [-0.39, 0.29) is 5.91 Å². The van der Waals surface area contributed by atoms with Crippen LogP contribution in [0.3, 0.4) is 0 Å². The Labute approximate surface area is 126 Å².